The molecule has 0 radical (unpaired) electrons. The first-order valence-corrected chi connectivity index (χ1v) is 5.28. The molecule has 1 saturated heterocycles. The molecule has 82 valence electrons. The fourth-order valence-electron chi connectivity index (χ4n) is 1.86. The van der Waals surface area contributed by atoms with Crippen molar-refractivity contribution in [3.8, 4) is 0 Å². The molecule has 2 atom stereocenters. The largest absolute Gasteiger partial charge is 0.348 e. The Kier molecular flexibility index (Phi) is 2.73. The van der Waals surface area contributed by atoms with Crippen molar-refractivity contribution in [2.45, 2.75) is 38.4 Å². The lowest BCUT2D eigenvalue weighted by molar-refractivity contribution is -0.123. The maximum absolute atomic E-state index is 11.3. The normalized spacial score (nSPS) is 26.4. The van der Waals surface area contributed by atoms with Crippen LogP contribution in [0.1, 0.15) is 31.4 Å². The zero-order valence-electron chi connectivity index (χ0n) is 8.81. The van der Waals surface area contributed by atoms with E-state index in [0.29, 0.717) is 6.42 Å². The summed E-state index contributed by atoms with van der Waals surface area (Å²) in [6.45, 7) is 2.85. The van der Waals surface area contributed by atoms with Crippen LogP contribution in [0.3, 0.4) is 0 Å². The lowest BCUT2D eigenvalue weighted by Crippen LogP contribution is -2.45. The highest BCUT2D eigenvalue weighted by Crippen LogP contribution is 2.21. The van der Waals surface area contributed by atoms with E-state index in [1.165, 1.54) is 0 Å². The summed E-state index contributed by atoms with van der Waals surface area (Å²) in [5, 5.41) is 7.08. The molecule has 0 aliphatic carbocycles. The number of aromatic nitrogens is 2. The quantitative estimate of drug-likeness (QED) is 0.728. The zero-order chi connectivity index (χ0) is 10.8. The third-order valence-corrected chi connectivity index (χ3v) is 2.79. The number of aryl methyl sites for hydroxylation is 1. The Bertz CT molecular complexity index is 360. The fourth-order valence-corrected chi connectivity index (χ4v) is 1.86. The van der Waals surface area contributed by atoms with Crippen LogP contribution in [0.25, 0.3) is 0 Å². The molecule has 2 rings (SSSR count). The van der Waals surface area contributed by atoms with Gasteiger partial charge in [-0.05, 0) is 13.3 Å². The fraction of sp³-hybridized carbons (Fsp3) is 0.600. The van der Waals surface area contributed by atoms with Gasteiger partial charge in [-0.2, -0.15) is 5.10 Å². The number of rotatable bonds is 2. The number of amides is 1. The summed E-state index contributed by atoms with van der Waals surface area (Å²) in [5.41, 5.74) is 6.97. The number of carbonyl (C=O) groups is 1. The molecule has 5 nitrogen and oxygen atoms in total. The van der Waals surface area contributed by atoms with Gasteiger partial charge in [0.25, 0.3) is 0 Å². The van der Waals surface area contributed by atoms with Gasteiger partial charge in [-0.25, -0.2) is 0 Å². The van der Waals surface area contributed by atoms with Gasteiger partial charge in [-0.15, -0.1) is 0 Å². The first-order valence-electron chi connectivity index (χ1n) is 5.28. The van der Waals surface area contributed by atoms with E-state index in [9.17, 15) is 4.79 Å². The Morgan fingerprint density at radius 2 is 2.53 bits per heavy atom. The predicted molar refractivity (Wildman–Crippen MR) is 56.0 cm³/mol. The summed E-state index contributed by atoms with van der Waals surface area (Å²) in [7, 11) is 0. The first kappa shape index (κ1) is 10.2. The van der Waals surface area contributed by atoms with E-state index >= 15 is 0 Å². The van der Waals surface area contributed by atoms with Gasteiger partial charge >= 0.3 is 0 Å². The second kappa shape index (κ2) is 4.02. The van der Waals surface area contributed by atoms with Crippen LogP contribution >= 0.6 is 0 Å². The van der Waals surface area contributed by atoms with E-state index in [1.807, 2.05) is 17.8 Å². The number of nitrogens with zero attached hydrogens (tertiary/aromatic N) is 2. The molecule has 1 aliphatic heterocycles. The van der Waals surface area contributed by atoms with Crippen LogP contribution < -0.4 is 11.1 Å². The lowest BCUT2D eigenvalue weighted by Gasteiger charge is -2.28. The topological polar surface area (TPSA) is 72.9 Å². The predicted octanol–water partition coefficient (Wildman–Crippen LogP) is 0.181. The molecule has 1 aromatic heterocycles. The highest BCUT2D eigenvalue weighted by atomic mass is 16.1. The molecule has 3 N–H and O–H groups in total. The van der Waals surface area contributed by atoms with Gasteiger partial charge in [0.1, 0.15) is 0 Å². The molecule has 0 aromatic carbocycles. The SMILES string of the molecule is CCn1cc([C@@H]2NC(=O)CC[C@@H]2N)cn1. The van der Waals surface area contributed by atoms with Crippen molar-refractivity contribution in [2.24, 2.45) is 5.73 Å². The molecule has 2 heterocycles. The molecule has 0 unspecified atom stereocenters. The van der Waals surface area contributed by atoms with Crippen molar-refractivity contribution in [3.05, 3.63) is 18.0 Å². The summed E-state index contributed by atoms with van der Waals surface area (Å²) in [6.07, 6.45) is 4.99. The highest BCUT2D eigenvalue weighted by molar-refractivity contribution is 5.77. The molecule has 0 spiro atoms. The first-order chi connectivity index (χ1) is 7.20. The van der Waals surface area contributed by atoms with Gasteiger partial charge in [0.05, 0.1) is 12.2 Å². The summed E-state index contributed by atoms with van der Waals surface area (Å²) in [6, 6.07) is -0.0799. The minimum Gasteiger partial charge on any atom is -0.348 e. The molecular formula is C10H16N4O. The average Bonchev–Trinajstić information content (AvgIpc) is 2.70. The number of carbonyl (C=O) groups excluding carboxylic acids is 1. The summed E-state index contributed by atoms with van der Waals surface area (Å²) < 4.78 is 1.84. The van der Waals surface area contributed by atoms with Gasteiger partial charge in [0.15, 0.2) is 0 Å². The smallest absolute Gasteiger partial charge is 0.220 e. The van der Waals surface area contributed by atoms with Crippen molar-refractivity contribution in [3.63, 3.8) is 0 Å². The van der Waals surface area contributed by atoms with E-state index < -0.39 is 0 Å². The van der Waals surface area contributed by atoms with Crippen LogP contribution in [0.2, 0.25) is 0 Å². The Morgan fingerprint density at radius 1 is 1.73 bits per heavy atom. The Hall–Kier alpha value is -1.36. The van der Waals surface area contributed by atoms with E-state index in [-0.39, 0.29) is 18.0 Å². The van der Waals surface area contributed by atoms with Crippen LogP contribution in [0.5, 0.6) is 0 Å². The monoisotopic (exact) mass is 208 g/mol. The summed E-state index contributed by atoms with van der Waals surface area (Å²) in [5.74, 6) is 0.0750. The number of nitrogens with two attached hydrogens (primary N) is 1. The van der Waals surface area contributed by atoms with E-state index in [0.717, 1.165) is 18.5 Å². The van der Waals surface area contributed by atoms with Crippen molar-refractivity contribution >= 4 is 5.91 Å². The minimum absolute atomic E-state index is 0.00259. The molecule has 1 aromatic rings. The molecule has 0 saturated carbocycles. The standard InChI is InChI=1S/C10H16N4O/c1-2-14-6-7(5-12-14)10-8(11)3-4-9(15)13-10/h5-6,8,10H,2-4,11H2,1H3,(H,13,15)/t8-,10-/m0/s1. The molecule has 0 bridgehead atoms. The van der Waals surface area contributed by atoms with Gasteiger partial charge in [0.2, 0.25) is 5.91 Å². The Morgan fingerprint density at radius 3 is 3.20 bits per heavy atom. The average molecular weight is 208 g/mol. The molecule has 1 amide bonds. The zero-order valence-corrected chi connectivity index (χ0v) is 8.81. The third-order valence-electron chi connectivity index (χ3n) is 2.79. The van der Waals surface area contributed by atoms with Crippen LogP contribution in [0.4, 0.5) is 0 Å². The van der Waals surface area contributed by atoms with Crippen molar-refractivity contribution < 1.29 is 4.79 Å². The Balaban J connectivity index is 2.17. The van der Waals surface area contributed by atoms with Crippen molar-refractivity contribution in [1.29, 1.82) is 0 Å². The van der Waals surface area contributed by atoms with Crippen LogP contribution in [0.15, 0.2) is 12.4 Å². The van der Waals surface area contributed by atoms with Crippen molar-refractivity contribution in [1.82, 2.24) is 15.1 Å². The summed E-state index contributed by atoms with van der Waals surface area (Å²) in [4.78, 5) is 11.3. The van der Waals surface area contributed by atoms with Crippen LogP contribution in [-0.2, 0) is 11.3 Å². The van der Waals surface area contributed by atoms with Crippen LogP contribution in [0, 0.1) is 0 Å². The van der Waals surface area contributed by atoms with Gasteiger partial charge in [0, 0.05) is 30.8 Å². The minimum atomic E-state index is -0.0773. The maximum atomic E-state index is 11.3. The van der Waals surface area contributed by atoms with E-state index in [4.69, 9.17) is 5.73 Å². The van der Waals surface area contributed by atoms with Gasteiger partial charge in [-0.1, -0.05) is 0 Å². The second-order valence-corrected chi connectivity index (χ2v) is 3.88. The van der Waals surface area contributed by atoms with Crippen molar-refractivity contribution in [2.75, 3.05) is 0 Å². The number of hydrogen-bond donors (Lipinski definition) is 2. The van der Waals surface area contributed by atoms with Gasteiger partial charge < -0.3 is 11.1 Å². The molecule has 5 heteroatoms. The molecule has 1 aliphatic rings. The molecular weight excluding hydrogens is 192 g/mol. The number of nitrogens with one attached hydrogen (secondary N) is 1. The van der Waals surface area contributed by atoms with E-state index in [2.05, 4.69) is 10.4 Å². The number of piperidine rings is 1. The van der Waals surface area contributed by atoms with E-state index in [1.54, 1.807) is 6.20 Å². The highest BCUT2D eigenvalue weighted by Gasteiger charge is 2.27. The maximum Gasteiger partial charge on any atom is 0.220 e. The second-order valence-electron chi connectivity index (χ2n) is 3.88. The molecule has 1 fully saturated rings. The van der Waals surface area contributed by atoms with Gasteiger partial charge in [-0.3, -0.25) is 9.48 Å². The third kappa shape index (κ3) is 2.02. The van der Waals surface area contributed by atoms with Crippen LogP contribution in [-0.4, -0.2) is 21.7 Å². The Labute approximate surface area is 88.6 Å². The number of hydrogen-bond acceptors (Lipinski definition) is 3. The summed E-state index contributed by atoms with van der Waals surface area (Å²) >= 11 is 0. The molecule has 15 heavy (non-hydrogen) atoms. The lowest BCUT2D eigenvalue weighted by atomic mass is 9.95.